The number of hydrogen-bond donors (Lipinski definition) is 1. The highest BCUT2D eigenvalue weighted by Gasteiger charge is 2.28. The molecule has 0 bridgehead atoms. The number of H-pyrrole nitrogens is 1. The van der Waals surface area contributed by atoms with Crippen molar-refractivity contribution in [3.05, 3.63) is 46.0 Å². The van der Waals surface area contributed by atoms with E-state index in [9.17, 15) is 14.9 Å². The quantitative estimate of drug-likeness (QED) is 0.586. The van der Waals surface area contributed by atoms with Crippen LogP contribution in [-0.4, -0.2) is 78.0 Å². The first kappa shape index (κ1) is 23.2. The van der Waals surface area contributed by atoms with Crippen molar-refractivity contribution in [3.8, 4) is 12.1 Å². The molecule has 0 saturated carbocycles. The van der Waals surface area contributed by atoms with E-state index in [1.807, 2.05) is 21.9 Å². The van der Waals surface area contributed by atoms with Gasteiger partial charge in [-0.3, -0.25) is 9.59 Å². The van der Waals surface area contributed by atoms with Gasteiger partial charge in [-0.15, -0.1) is 0 Å². The van der Waals surface area contributed by atoms with Crippen LogP contribution >= 0.6 is 0 Å². The van der Waals surface area contributed by atoms with E-state index in [-0.39, 0.29) is 17.5 Å². The number of hydrogen-bond acceptors (Lipinski definition) is 9. The van der Waals surface area contributed by atoms with Crippen molar-refractivity contribution >= 4 is 17.4 Å². The van der Waals surface area contributed by atoms with Gasteiger partial charge in [-0.1, -0.05) is 0 Å². The molecule has 2 fully saturated rings. The van der Waals surface area contributed by atoms with Crippen molar-refractivity contribution in [3.63, 3.8) is 0 Å². The van der Waals surface area contributed by atoms with Gasteiger partial charge in [0, 0.05) is 38.9 Å². The van der Waals surface area contributed by atoms with Gasteiger partial charge in [-0.25, -0.2) is 10.1 Å². The summed E-state index contributed by atoms with van der Waals surface area (Å²) in [5, 5.41) is 24.4. The van der Waals surface area contributed by atoms with E-state index in [2.05, 4.69) is 26.2 Å². The molecular weight excluding hydrogens is 436 g/mol. The number of carbonyl (C=O) groups excluding carboxylic acids is 1. The summed E-state index contributed by atoms with van der Waals surface area (Å²) in [7, 11) is 0. The van der Waals surface area contributed by atoms with Gasteiger partial charge in [-0.2, -0.15) is 15.6 Å². The molecule has 2 aromatic rings. The predicted molar refractivity (Wildman–Crippen MR) is 123 cm³/mol. The SMILES string of the molecule is N#Cc1ccc(N2CCN(C(=O)CCOC[C@@H]3CCCN3c3cn[nH]c(=O)c3C#N)CC2)nc1. The summed E-state index contributed by atoms with van der Waals surface area (Å²) in [4.78, 5) is 34.8. The first-order valence-corrected chi connectivity index (χ1v) is 11.3. The molecule has 1 amide bonds. The third kappa shape index (κ3) is 5.16. The molecule has 2 aliphatic rings. The van der Waals surface area contributed by atoms with Crippen molar-refractivity contribution in [2.45, 2.75) is 25.3 Å². The second kappa shape index (κ2) is 10.8. The molecule has 4 rings (SSSR count). The number of carbonyl (C=O) groups is 1. The molecule has 0 unspecified atom stereocenters. The number of ether oxygens (including phenoxy) is 1. The van der Waals surface area contributed by atoms with Gasteiger partial charge in [0.15, 0.2) is 0 Å². The number of rotatable bonds is 7. The summed E-state index contributed by atoms with van der Waals surface area (Å²) >= 11 is 0. The fourth-order valence-electron chi connectivity index (χ4n) is 4.40. The number of aromatic nitrogens is 3. The van der Waals surface area contributed by atoms with E-state index in [1.165, 1.54) is 6.20 Å². The lowest BCUT2D eigenvalue weighted by Crippen LogP contribution is -2.49. The summed E-state index contributed by atoms with van der Waals surface area (Å²) in [6.07, 6.45) is 5.19. The Kier molecular flexibility index (Phi) is 7.35. The Bertz CT molecular complexity index is 1140. The van der Waals surface area contributed by atoms with E-state index in [1.54, 1.807) is 12.3 Å². The molecule has 2 aliphatic heterocycles. The number of amides is 1. The van der Waals surface area contributed by atoms with Crippen LogP contribution in [0.3, 0.4) is 0 Å². The zero-order valence-electron chi connectivity index (χ0n) is 18.8. The van der Waals surface area contributed by atoms with Crippen molar-refractivity contribution < 1.29 is 9.53 Å². The second-order valence-electron chi connectivity index (χ2n) is 8.27. The number of anilines is 2. The molecule has 0 aromatic carbocycles. The Hall–Kier alpha value is -3.96. The lowest BCUT2D eigenvalue weighted by molar-refractivity contribution is -0.132. The summed E-state index contributed by atoms with van der Waals surface area (Å²) in [5.41, 5.74) is 0.626. The fourth-order valence-corrected chi connectivity index (χ4v) is 4.40. The maximum absolute atomic E-state index is 12.6. The summed E-state index contributed by atoms with van der Waals surface area (Å²) in [5.74, 6) is 0.868. The van der Waals surface area contributed by atoms with Gasteiger partial charge >= 0.3 is 0 Å². The largest absolute Gasteiger partial charge is 0.379 e. The van der Waals surface area contributed by atoms with Gasteiger partial charge in [0.1, 0.15) is 23.5 Å². The van der Waals surface area contributed by atoms with E-state index in [0.717, 1.165) is 25.2 Å². The molecule has 1 atom stereocenters. The Labute approximate surface area is 197 Å². The van der Waals surface area contributed by atoms with Crippen molar-refractivity contribution in [1.29, 1.82) is 10.5 Å². The molecule has 176 valence electrons. The van der Waals surface area contributed by atoms with Crippen molar-refractivity contribution in [1.82, 2.24) is 20.1 Å². The van der Waals surface area contributed by atoms with E-state index in [0.29, 0.717) is 57.1 Å². The van der Waals surface area contributed by atoms with Crippen LogP contribution in [0.25, 0.3) is 0 Å². The van der Waals surface area contributed by atoms with Crippen LogP contribution in [0.2, 0.25) is 0 Å². The van der Waals surface area contributed by atoms with E-state index < -0.39 is 5.56 Å². The third-order valence-corrected chi connectivity index (χ3v) is 6.24. The Morgan fingerprint density at radius 1 is 1.15 bits per heavy atom. The molecule has 1 N–H and O–H groups in total. The third-order valence-electron chi connectivity index (χ3n) is 6.24. The highest BCUT2D eigenvalue weighted by atomic mass is 16.5. The fraction of sp³-hybridized carbons (Fsp3) is 0.478. The minimum Gasteiger partial charge on any atom is -0.379 e. The first-order valence-electron chi connectivity index (χ1n) is 11.3. The number of nitrogens with zero attached hydrogens (tertiary/aromatic N) is 7. The van der Waals surface area contributed by atoms with E-state index in [4.69, 9.17) is 10.00 Å². The van der Waals surface area contributed by atoms with Crippen LogP contribution in [0, 0.1) is 22.7 Å². The lowest BCUT2D eigenvalue weighted by Gasteiger charge is -2.35. The molecule has 34 heavy (non-hydrogen) atoms. The summed E-state index contributed by atoms with van der Waals surface area (Å²) < 4.78 is 5.82. The second-order valence-corrected chi connectivity index (χ2v) is 8.27. The number of piperazine rings is 1. The Morgan fingerprint density at radius 3 is 2.68 bits per heavy atom. The highest BCUT2D eigenvalue weighted by Crippen LogP contribution is 2.26. The maximum Gasteiger partial charge on any atom is 0.284 e. The predicted octanol–water partition coefficient (Wildman–Crippen LogP) is 0.633. The monoisotopic (exact) mass is 462 g/mol. The first-order chi connectivity index (χ1) is 16.6. The van der Waals surface area contributed by atoms with Gasteiger partial charge in [0.2, 0.25) is 5.91 Å². The zero-order valence-corrected chi connectivity index (χ0v) is 18.8. The minimum absolute atomic E-state index is 0.0364. The summed E-state index contributed by atoms with van der Waals surface area (Å²) in [6, 6.07) is 7.64. The molecule has 0 radical (unpaired) electrons. The Morgan fingerprint density at radius 2 is 1.97 bits per heavy atom. The minimum atomic E-state index is -0.493. The smallest absolute Gasteiger partial charge is 0.284 e. The molecule has 2 saturated heterocycles. The average Bonchev–Trinajstić information content (AvgIpc) is 3.35. The topological polar surface area (TPSA) is 142 Å². The van der Waals surface area contributed by atoms with Gasteiger partial charge in [0.05, 0.1) is 43.1 Å². The molecule has 0 spiro atoms. The van der Waals surface area contributed by atoms with Crippen LogP contribution < -0.4 is 15.4 Å². The van der Waals surface area contributed by atoms with Gasteiger partial charge < -0.3 is 19.4 Å². The number of pyridine rings is 1. The Balaban J connectivity index is 1.21. The average molecular weight is 463 g/mol. The van der Waals surface area contributed by atoms with Crippen LogP contribution in [0.4, 0.5) is 11.5 Å². The molecule has 11 heteroatoms. The molecule has 11 nitrogen and oxygen atoms in total. The van der Waals surface area contributed by atoms with E-state index >= 15 is 0 Å². The van der Waals surface area contributed by atoms with Crippen LogP contribution in [0.5, 0.6) is 0 Å². The molecule has 0 aliphatic carbocycles. The maximum atomic E-state index is 12.6. The van der Waals surface area contributed by atoms with Crippen LogP contribution in [0.1, 0.15) is 30.4 Å². The zero-order chi connectivity index (χ0) is 23.9. The van der Waals surface area contributed by atoms with Crippen molar-refractivity contribution in [2.24, 2.45) is 0 Å². The van der Waals surface area contributed by atoms with Crippen LogP contribution in [0.15, 0.2) is 29.3 Å². The van der Waals surface area contributed by atoms with Crippen molar-refractivity contribution in [2.75, 3.05) is 55.7 Å². The van der Waals surface area contributed by atoms with Gasteiger partial charge in [0.25, 0.3) is 5.56 Å². The molecule has 2 aromatic heterocycles. The van der Waals surface area contributed by atoms with Crippen LogP contribution in [-0.2, 0) is 9.53 Å². The highest BCUT2D eigenvalue weighted by molar-refractivity contribution is 5.76. The normalized spacial score (nSPS) is 17.9. The lowest BCUT2D eigenvalue weighted by atomic mass is 10.2. The standard InChI is InChI=1S/C23H26N8O3/c24-12-17-3-4-21(26-14-17)29-7-9-30(10-8-29)22(32)5-11-34-16-18-2-1-6-31(18)20-15-27-28-23(33)19(20)13-25/h3-4,14-15,18H,1-2,5-11,16H2,(H,28,33)/t18-/m0/s1. The molecule has 4 heterocycles. The molecular formula is C23H26N8O3. The number of aromatic amines is 1. The number of nitriles is 2. The number of nitrogens with one attached hydrogen (secondary N) is 1. The van der Waals surface area contributed by atoms with Gasteiger partial charge in [-0.05, 0) is 25.0 Å². The summed E-state index contributed by atoms with van der Waals surface area (Å²) in [6.45, 7) is 4.07.